The van der Waals surface area contributed by atoms with Gasteiger partial charge >= 0.3 is 5.97 Å². The zero-order valence-corrected chi connectivity index (χ0v) is 9.49. The van der Waals surface area contributed by atoms with Crippen LogP contribution in [-0.4, -0.2) is 42.7 Å². The average Bonchev–Trinajstić information content (AvgIpc) is 2.17. The van der Waals surface area contributed by atoms with Crippen LogP contribution in [0.5, 0.6) is 0 Å². The third-order valence-electron chi connectivity index (χ3n) is 1.62. The molecule has 0 rings (SSSR count). The van der Waals surface area contributed by atoms with Gasteiger partial charge in [0.1, 0.15) is 15.4 Å². The second-order valence-corrected chi connectivity index (χ2v) is 3.92. The molecule has 0 spiro atoms. The lowest BCUT2D eigenvalue weighted by atomic mass is 10.2. The van der Waals surface area contributed by atoms with Gasteiger partial charge in [0.2, 0.25) is 0 Å². The maximum atomic E-state index is 11.0. The van der Waals surface area contributed by atoms with Crippen molar-refractivity contribution in [1.29, 1.82) is 0 Å². The second-order valence-electron chi connectivity index (χ2n) is 2.64. The molecule has 1 atom stereocenters. The number of hydrogen-bond acceptors (Lipinski definition) is 4. The number of esters is 1. The molecule has 76 valence electrons. The number of hydrogen-bond donors (Lipinski definition) is 0. The van der Waals surface area contributed by atoms with Crippen LogP contribution < -0.4 is 0 Å². The van der Waals surface area contributed by atoms with Gasteiger partial charge in [0.05, 0.1) is 13.0 Å². The fourth-order valence-electron chi connectivity index (χ4n) is 0.820. The summed E-state index contributed by atoms with van der Waals surface area (Å²) >= 11 is 0. The smallest absolute Gasteiger partial charge is 0.308 e. The predicted molar refractivity (Wildman–Crippen MR) is 49.5 cm³/mol. The molecule has 0 aliphatic carbocycles. The Hall–Kier alpha value is -0.393. The zero-order valence-electron chi connectivity index (χ0n) is 8.49. The number of carbonyl (C=O) groups excluding carboxylic acids is 1. The first kappa shape index (κ1) is 12.6. The van der Waals surface area contributed by atoms with Crippen LogP contribution in [0.4, 0.5) is 0 Å². The first-order chi connectivity index (χ1) is 6.15. The van der Waals surface area contributed by atoms with Crippen LogP contribution in [0.15, 0.2) is 0 Å². The first-order valence-electron chi connectivity index (χ1n) is 4.02. The van der Waals surface area contributed by atoms with Crippen molar-refractivity contribution in [2.24, 2.45) is 5.92 Å². The molecule has 2 radical (unpaired) electrons. The summed E-state index contributed by atoms with van der Waals surface area (Å²) < 4.78 is 14.6. The minimum Gasteiger partial charge on any atom is -0.469 e. The Morgan fingerprint density at radius 1 is 1.31 bits per heavy atom. The third-order valence-corrected chi connectivity index (χ3v) is 3.28. The van der Waals surface area contributed by atoms with Gasteiger partial charge in [0.15, 0.2) is 0 Å². The van der Waals surface area contributed by atoms with Crippen molar-refractivity contribution >= 4 is 15.5 Å². The highest BCUT2D eigenvalue weighted by molar-refractivity contribution is 6.37. The molecule has 0 fully saturated rings. The molecule has 0 aromatic rings. The third kappa shape index (κ3) is 5.02. The molecule has 0 amide bonds. The van der Waals surface area contributed by atoms with Crippen molar-refractivity contribution in [3.8, 4) is 0 Å². The summed E-state index contributed by atoms with van der Waals surface area (Å²) in [5, 5.41) is 0. The lowest BCUT2D eigenvalue weighted by molar-refractivity contribution is -0.144. The Morgan fingerprint density at radius 3 is 2.23 bits per heavy atom. The van der Waals surface area contributed by atoms with E-state index in [0.717, 1.165) is 6.04 Å². The summed E-state index contributed by atoms with van der Waals surface area (Å²) in [5.74, 6) is -0.471. The summed E-state index contributed by atoms with van der Waals surface area (Å²) in [7, 11) is 5.02. The van der Waals surface area contributed by atoms with E-state index in [-0.39, 0.29) is 17.8 Å². The average molecular weight is 204 g/mol. The van der Waals surface area contributed by atoms with Gasteiger partial charge in [-0.2, -0.15) is 0 Å². The molecule has 0 saturated heterocycles. The molecule has 0 N–H and O–H groups in total. The van der Waals surface area contributed by atoms with Crippen molar-refractivity contribution in [2.75, 3.05) is 21.3 Å². The molecule has 0 saturated carbocycles. The Morgan fingerprint density at radius 2 is 1.85 bits per heavy atom. The normalized spacial score (nSPS) is 13.0. The Kier molecular flexibility index (Phi) is 6.84. The van der Waals surface area contributed by atoms with Crippen molar-refractivity contribution in [1.82, 2.24) is 0 Å². The Labute approximate surface area is 81.4 Å². The van der Waals surface area contributed by atoms with Gasteiger partial charge in [-0.15, -0.1) is 0 Å². The minimum atomic E-state index is -0.202. The molecule has 0 bridgehead atoms. The fraction of sp³-hybridized carbons (Fsp3) is 0.875. The van der Waals surface area contributed by atoms with Crippen LogP contribution in [0.2, 0.25) is 6.04 Å². The quantitative estimate of drug-likeness (QED) is 0.359. The Balaban J connectivity index is 3.67. The number of rotatable bonds is 6. The lowest BCUT2D eigenvalue weighted by Crippen LogP contribution is -2.25. The van der Waals surface area contributed by atoms with E-state index >= 15 is 0 Å². The van der Waals surface area contributed by atoms with Gasteiger partial charge in [-0.1, -0.05) is 6.92 Å². The number of ether oxygens (including phenoxy) is 3. The van der Waals surface area contributed by atoms with Gasteiger partial charge in [-0.3, -0.25) is 4.79 Å². The van der Waals surface area contributed by atoms with Gasteiger partial charge < -0.3 is 14.2 Å². The van der Waals surface area contributed by atoms with Crippen molar-refractivity contribution < 1.29 is 19.0 Å². The van der Waals surface area contributed by atoms with Crippen molar-refractivity contribution in [2.45, 2.75) is 18.9 Å². The first-order valence-corrected chi connectivity index (χ1v) is 5.31. The van der Waals surface area contributed by atoms with Crippen molar-refractivity contribution in [3.63, 3.8) is 0 Å². The number of carbonyl (C=O) groups is 1. The molecule has 0 aliphatic rings. The molecule has 0 aromatic heterocycles. The van der Waals surface area contributed by atoms with E-state index in [1.54, 1.807) is 14.2 Å². The summed E-state index contributed by atoms with van der Waals surface area (Å²) in [5.41, 5.74) is 0. The van der Waals surface area contributed by atoms with Crippen LogP contribution in [0, 0.1) is 5.92 Å². The monoisotopic (exact) mass is 204 g/mol. The molecular formula is C8H16O4Si. The van der Waals surface area contributed by atoms with E-state index in [2.05, 4.69) is 4.74 Å². The fourth-order valence-corrected chi connectivity index (χ4v) is 1.87. The SMILES string of the molecule is COC(=O)C(C)C[Si]C(OC)OC. The molecule has 0 aliphatic heterocycles. The number of methoxy groups -OCH3 is 3. The van der Waals surface area contributed by atoms with Crippen LogP contribution >= 0.6 is 0 Å². The van der Waals surface area contributed by atoms with Crippen LogP contribution in [0.25, 0.3) is 0 Å². The van der Waals surface area contributed by atoms with E-state index < -0.39 is 0 Å². The maximum Gasteiger partial charge on any atom is 0.308 e. The summed E-state index contributed by atoms with van der Waals surface area (Å²) in [6, 6.07) is 0.735. The zero-order chi connectivity index (χ0) is 10.3. The van der Waals surface area contributed by atoms with E-state index in [1.807, 2.05) is 6.92 Å². The van der Waals surface area contributed by atoms with Gasteiger partial charge in [0, 0.05) is 14.2 Å². The van der Waals surface area contributed by atoms with E-state index in [1.165, 1.54) is 7.11 Å². The predicted octanol–water partition coefficient (Wildman–Crippen LogP) is 0.494. The minimum absolute atomic E-state index is 0.0869. The van der Waals surface area contributed by atoms with E-state index in [0.29, 0.717) is 9.52 Å². The molecule has 0 heterocycles. The van der Waals surface area contributed by atoms with Gasteiger partial charge in [-0.05, 0) is 6.04 Å². The topological polar surface area (TPSA) is 44.8 Å². The molecule has 13 heavy (non-hydrogen) atoms. The Bertz CT molecular complexity index is 147. The van der Waals surface area contributed by atoms with Crippen LogP contribution in [0.1, 0.15) is 6.92 Å². The molecule has 1 unspecified atom stereocenters. The molecule has 5 heteroatoms. The van der Waals surface area contributed by atoms with E-state index in [4.69, 9.17) is 9.47 Å². The summed E-state index contributed by atoms with van der Waals surface area (Å²) in [6.07, 6.45) is 0. The van der Waals surface area contributed by atoms with Gasteiger partial charge in [-0.25, -0.2) is 0 Å². The largest absolute Gasteiger partial charge is 0.469 e. The second kappa shape index (κ2) is 7.05. The lowest BCUT2D eigenvalue weighted by Gasteiger charge is -2.14. The molecule has 4 nitrogen and oxygen atoms in total. The highest BCUT2D eigenvalue weighted by Crippen LogP contribution is 2.06. The van der Waals surface area contributed by atoms with Crippen LogP contribution in [-0.2, 0) is 19.0 Å². The van der Waals surface area contributed by atoms with Crippen molar-refractivity contribution in [3.05, 3.63) is 0 Å². The highest BCUT2D eigenvalue weighted by atomic mass is 28.2. The molecular weight excluding hydrogens is 188 g/mol. The van der Waals surface area contributed by atoms with Crippen LogP contribution in [0.3, 0.4) is 0 Å². The molecule has 0 aromatic carbocycles. The summed E-state index contributed by atoms with van der Waals surface area (Å²) in [6.45, 7) is 1.83. The maximum absolute atomic E-state index is 11.0. The van der Waals surface area contributed by atoms with Gasteiger partial charge in [0.25, 0.3) is 0 Å². The highest BCUT2D eigenvalue weighted by Gasteiger charge is 2.16. The van der Waals surface area contributed by atoms with E-state index in [9.17, 15) is 4.79 Å². The standard InChI is InChI=1S/C8H16O4Si/c1-6(7(9)10-2)5-13-8(11-3)12-4/h6,8H,5H2,1-4H3. The summed E-state index contributed by atoms with van der Waals surface area (Å²) in [4.78, 5) is 11.0.